The van der Waals surface area contributed by atoms with Crippen molar-refractivity contribution in [1.29, 1.82) is 0 Å². The van der Waals surface area contributed by atoms with Crippen molar-refractivity contribution in [3.8, 4) is 0 Å². The number of nitro benzene ring substituents is 1. The van der Waals surface area contributed by atoms with Gasteiger partial charge in [0.25, 0.3) is 5.69 Å². The van der Waals surface area contributed by atoms with Gasteiger partial charge in [-0.3, -0.25) is 19.7 Å². The van der Waals surface area contributed by atoms with E-state index in [1.165, 1.54) is 19.2 Å². The minimum absolute atomic E-state index is 0.0118. The number of hydrogen-bond donors (Lipinski definition) is 2. The fourth-order valence-corrected chi connectivity index (χ4v) is 2.32. The zero-order valence-electron chi connectivity index (χ0n) is 17.0. The molecule has 1 atom stereocenters. The largest absolute Gasteiger partial charge is 0.469 e. The van der Waals surface area contributed by atoms with Crippen molar-refractivity contribution in [2.24, 2.45) is 0 Å². The topological polar surface area (TPSA) is 137 Å². The van der Waals surface area contributed by atoms with Gasteiger partial charge in [-0.25, -0.2) is 4.79 Å². The van der Waals surface area contributed by atoms with Crippen LogP contribution in [0.2, 0.25) is 0 Å². The van der Waals surface area contributed by atoms with Gasteiger partial charge < -0.3 is 20.1 Å². The Hall–Kier alpha value is -3.17. The molecule has 10 heteroatoms. The molecule has 1 aromatic rings. The number of rotatable bonds is 9. The Morgan fingerprint density at radius 2 is 1.79 bits per heavy atom. The molecule has 160 valence electrons. The first kappa shape index (κ1) is 23.9. The van der Waals surface area contributed by atoms with Gasteiger partial charge in [-0.2, -0.15) is 0 Å². The molecule has 0 aromatic heterocycles. The highest BCUT2D eigenvalue weighted by Crippen LogP contribution is 2.12. The number of amides is 2. The van der Waals surface area contributed by atoms with Gasteiger partial charge in [0, 0.05) is 25.1 Å². The molecule has 2 N–H and O–H groups in total. The second-order valence-corrected chi connectivity index (χ2v) is 7.28. The van der Waals surface area contributed by atoms with Crippen LogP contribution >= 0.6 is 0 Å². The van der Waals surface area contributed by atoms with Crippen molar-refractivity contribution >= 4 is 23.7 Å². The van der Waals surface area contributed by atoms with Crippen molar-refractivity contribution in [1.82, 2.24) is 10.6 Å². The van der Waals surface area contributed by atoms with Crippen LogP contribution < -0.4 is 10.6 Å². The first-order valence-electron chi connectivity index (χ1n) is 9.09. The van der Waals surface area contributed by atoms with Gasteiger partial charge in [-0.15, -0.1) is 0 Å². The highest BCUT2D eigenvalue weighted by Gasteiger charge is 2.25. The molecule has 0 radical (unpaired) electrons. The predicted molar refractivity (Wildman–Crippen MR) is 104 cm³/mol. The number of nitro groups is 1. The molecule has 0 aliphatic heterocycles. The van der Waals surface area contributed by atoms with Crippen LogP contribution in [0, 0.1) is 10.1 Å². The quantitative estimate of drug-likeness (QED) is 0.362. The van der Waals surface area contributed by atoms with E-state index in [2.05, 4.69) is 15.4 Å². The number of non-ortho nitro benzene ring substituents is 1. The molecule has 0 bridgehead atoms. The first-order valence-corrected chi connectivity index (χ1v) is 9.09. The number of alkyl carbamates (subject to hydrolysis) is 1. The molecule has 1 rings (SSSR count). The third kappa shape index (κ3) is 9.54. The number of ether oxygens (including phenoxy) is 2. The lowest BCUT2D eigenvalue weighted by atomic mass is 10.1. The molecule has 0 aliphatic rings. The number of nitrogens with zero attached hydrogens (tertiary/aromatic N) is 1. The second-order valence-electron chi connectivity index (χ2n) is 7.28. The van der Waals surface area contributed by atoms with E-state index in [1.807, 2.05) is 0 Å². The maximum absolute atomic E-state index is 12.5. The zero-order chi connectivity index (χ0) is 22.0. The molecular formula is C19H27N3O7. The van der Waals surface area contributed by atoms with E-state index in [4.69, 9.17) is 4.74 Å². The van der Waals surface area contributed by atoms with Gasteiger partial charge in [0.2, 0.25) is 5.91 Å². The lowest BCUT2D eigenvalue weighted by Gasteiger charge is -2.23. The van der Waals surface area contributed by atoms with E-state index in [0.717, 1.165) is 5.56 Å². The van der Waals surface area contributed by atoms with Crippen LogP contribution in [0.1, 0.15) is 39.2 Å². The van der Waals surface area contributed by atoms with Gasteiger partial charge in [-0.1, -0.05) is 12.1 Å². The second kappa shape index (κ2) is 11.0. The SMILES string of the molecule is COC(=O)CC[C@H](NC(=O)OC(C)(C)C)C(=O)NCCc1ccc([N+](=O)[O-])cc1. The van der Waals surface area contributed by atoms with Crippen LogP contribution in [0.25, 0.3) is 0 Å². The standard InChI is InChI=1S/C19H27N3O7/c1-19(2,3)29-18(25)21-15(9-10-16(23)28-4)17(24)20-12-11-13-5-7-14(8-6-13)22(26)27/h5-8,15H,9-12H2,1-4H3,(H,20,24)(H,21,25)/t15-/m0/s1. The maximum Gasteiger partial charge on any atom is 0.408 e. The maximum atomic E-state index is 12.5. The fraction of sp³-hybridized carbons (Fsp3) is 0.526. The minimum Gasteiger partial charge on any atom is -0.469 e. The Kier molecular flexibility index (Phi) is 9.04. The summed E-state index contributed by atoms with van der Waals surface area (Å²) in [6.07, 6.45) is -0.320. The van der Waals surface area contributed by atoms with Crippen LogP contribution in [-0.4, -0.2) is 48.2 Å². The van der Waals surface area contributed by atoms with Crippen molar-refractivity contribution in [2.45, 2.75) is 51.7 Å². The van der Waals surface area contributed by atoms with Crippen molar-refractivity contribution in [3.63, 3.8) is 0 Å². The van der Waals surface area contributed by atoms with E-state index in [9.17, 15) is 24.5 Å². The monoisotopic (exact) mass is 409 g/mol. The highest BCUT2D eigenvalue weighted by molar-refractivity contribution is 5.86. The zero-order valence-corrected chi connectivity index (χ0v) is 17.0. The van der Waals surface area contributed by atoms with Gasteiger partial charge in [0.05, 0.1) is 12.0 Å². The summed E-state index contributed by atoms with van der Waals surface area (Å²) in [5.74, 6) is -0.971. The Balaban J connectivity index is 2.63. The van der Waals surface area contributed by atoms with Gasteiger partial charge in [0.15, 0.2) is 0 Å². The lowest BCUT2D eigenvalue weighted by Crippen LogP contribution is -2.48. The molecule has 1 aromatic carbocycles. The molecule has 0 aliphatic carbocycles. The van der Waals surface area contributed by atoms with Crippen LogP contribution in [-0.2, 0) is 25.5 Å². The van der Waals surface area contributed by atoms with E-state index in [0.29, 0.717) is 6.42 Å². The van der Waals surface area contributed by atoms with Crippen LogP contribution in [0.15, 0.2) is 24.3 Å². The molecule has 10 nitrogen and oxygen atoms in total. The lowest BCUT2D eigenvalue weighted by molar-refractivity contribution is -0.384. The number of nitrogens with one attached hydrogen (secondary N) is 2. The van der Waals surface area contributed by atoms with E-state index < -0.39 is 34.5 Å². The third-order valence-electron chi connectivity index (χ3n) is 3.73. The van der Waals surface area contributed by atoms with E-state index in [1.54, 1.807) is 32.9 Å². The van der Waals surface area contributed by atoms with Gasteiger partial charge >= 0.3 is 12.1 Å². The summed E-state index contributed by atoms with van der Waals surface area (Å²) in [5.41, 5.74) is 0.0629. The molecule has 29 heavy (non-hydrogen) atoms. The molecule has 0 spiro atoms. The Labute approximate surface area is 169 Å². The summed E-state index contributed by atoms with van der Waals surface area (Å²) in [6, 6.07) is 5.03. The molecular weight excluding hydrogens is 382 g/mol. The summed E-state index contributed by atoms with van der Waals surface area (Å²) < 4.78 is 9.72. The number of hydrogen-bond acceptors (Lipinski definition) is 7. The summed E-state index contributed by atoms with van der Waals surface area (Å²) in [4.78, 5) is 46.0. The molecule has 0 heterocycles. The summed E-state index contributed by atoms with van der Waals surface area (Å²) >= 11 is 0. The van der Waals surface area contributed by atoms with E-state index >= 15 is 0 Å². The fourth-order valence-electron chi connectivity index (χ4n) is 2.32. The summed E-state index contributed by atoms with van der Waals surface area (Å²) in [5, 5.41) is 15.8. The molecule has 0 saturated carbocycles. The van der Waals surface area contributed by atoms with Crippen LogP contribution in [0.5, 0.6) is 0 Å². The molecule has 0 unspecified atom stereocenters. The summed E-state index contributed by atoms with van der Waals surface area (Å²) in [6.45, 7) is 5.34. The first-order chi connectivity index (χ1) is 13.5. The third-order valence-corrected chi connectivity index (χ3v) is 3.73. The summed E-state index contributed by atoms with van der Waals surface area (Å²) in [7, 11) is 1.24. The Morgan fingerprint density at radius 1 is 1.17 bits per heavy atom. The normalized spacial score (nSPS) is 11.9. The number of esters is 1. The van der Waals surface area contributed by atoms with Gasteiger partial charge in [-0.05, 0) is 39.2 Å². The average molecular weight is 409 g/mol. The van der Waals surface area contributed by atoms with Crippen molar-refractivity contribution in [3.05, 3.63) is 39.9 Å². The average Bonchev–Trinajstić information content (AvgIpc) is 2.63. The minimum atomic E-state index is -0.971. The number of benzene rings is 1. The van der Waals surface area contributed by atoms with Gasteiger partial charge in [0.1, 0.15) is 11.6 Å². The number of carbonyl (C=O) groups excluding carboxylic acids is 3. The highest BCUT2D eigenvalue weighted by atomic mass is 16.6. The van der Waals surface area contributed by atoms with Crippen molar-refractivity contribution in [2.75, 3.05) is 13.7 Å². The number of methoxy groups -OCH3 is 1. The number of carbonyl (C=O) groups is 3. The van der Waals surface area contributed by atoms with Crippen LogP contribution in [0.4, 0.5) is 10.5 Å². The smallest absolute Gasteiger partial charge is 0.408 e. The van der Waals surface area contributed by atoms with Crippen molar-refractivity contribution < 1.29 is 28.8 Å². The molecule has 2 amide bonds. The molecule has 0 fully saturated rings. The van der Waals surface area contributed by atoms with E-state index in [-0.39, 0.29) is 25.1 Å². The Morgan fingerprint density at radius 3 is 2.31 bits per heavy atom. The Bertz CT molecular complexity index is 726. The predicted octanol–water partition coefficient (Wildman–Crippen LogP) is 2.10. The molecule has 0 saturated heterocycles. The van der Waals surface area contributed by atoms with Crippen LogP contribution in [0.3, 0.4) is 0 Å².